The highest BCUT2D eigenvalue weighted by atomic mass is 16.5. The highest BCUT2D eigenvalue weighted by Crippen LogP contribution is 2.06. The lowest BCUT2D eigenvalue weighted by molar-refractivity contribution is -0.0524. The molecule has 1 aliphatic heterocycles. The highest BCUT2D eigenvalue weighted by molar-refractivity contribution is 4.92. The fourth-order valence-corrected chi connectivity index (χ4v) is 1.99. The summed E-state index contributed by atoms with van der Waals surface area (Å²) in [7, 11) is 2.01. The van der Waals surface area contributed by atoms with Gasteiger partial charge < -0.3 is 14.4 Å². The first-order valence-corrected chi connectivity index (χ1v) is 5.70. The zero-order valence-corrected chi connectivity index (χ0v) is 9.67. The molecule has 5 heteroatoms. The van der Waals surface area contributed by atoms with E-state index in [0.717, 1.165) is 31.9 Å². The van der Waals surface area contributed by atoms with Crippen LogP contribution in [0, 0.1) is 0 Å². The molecule has 0 spiro atoms. The van der Waals surface area contributed by atoms with Crippen LogP contribution < -0.4 is 0 Å². The van der Waals surface area contributed by atoms with Gasteiger partial charge in [0.25, 0.3) is 0 Å². The summed E-state index contributed by atoms with van der Waals surface area (Å²) in [4.78, 5) is 6.61. The number of aliphatic hydroxyl groups is 1. The number of nitrogens with zero attached hydrogens (tertiary/aromatic N) is 3. The first-order chi connectivity index (χ1) is 7.79. The molecule has 1 N–H and O–H groups in total. The predicted octanol–water partition coefficient (Wildman–Crippen LogP) is -0.344. The number of hydrogen-bond donors (Lipinski definition) is 1. The molecule has 1 saturated heterocycles. The molecule has 90 valence electrons. The van der Waals surface area contributed by atoms with E-state index in [1.165, 1.54) is 0 Å². The van der Waals surface area contributed by atoms with Crippen LogP contribution in [0.5, 0.6) is 0 Å². The summed E-state index contributed by atoms with van der Waals surface area (Å²) in [5, 5.41) is 9.04. The Labute approximate surface area is 95.7 Å². The number of morpholine rings is 1. The summed E-state index contributed by atoms with van der Waals surface area (Å²) in [6.45, 7) is 3.57. The standard InChI is InChI=1S/C11H19N3O2/c1-13-5-3-12-11(13)2-4-14-6-7-16-10(8-14)9-15/h3,5,10,15H,2,4,6-9H2,1H3. The van der Waals surface area contributed by atoms with Gasteiger partial charge in [0.05, 0.1) is 19.3 Å². The molecule has 1 fully saturated rings. The summed E-state index contributed by atoms with van der Waals surface area (Å²) in [6, 6.07) is 0. The fraction of sp³-hybridized carbons (Fsp3) is 0.727. The zero-order chi connectivity index (χ0) is 11.4. The van der Waals surface area contributed by atoms with Crippen molar-refractivity contribution >= 4 is 0 Å². The van der Waals surface area contributed by atoms with E-state index in [9.17, 15) is 0 Å². The van der Waals surface area contributed by atoms with Gasteiger partial charge in [-0.2, -0.15) is 0 Å². The van der Waals surface area contributed by atoms with E-state index in [4.69, 9.17) is 9.84 Å². The predicted molar refractivity (Wildman–Crippen MR) is 60.2 cm³/mol. The second-order valence-corrected chi connectivity index (χ2v) is 4.18. The van der Waals surface area contributed by atoms with Gasteiger partial charge in [-0.3, -0.25) is 4.90 Å². The van der Waals surface area contributed by atoms with Gasteiger partial charge in [0.15, 0.2) is 0 Å². The maximum Gasteiger partial charge on any atom is 0.109 e. The van der Waals surface area contributed by atoms with Gasteiger partial charge in [0, 0.05) is 45.5 Å². The molecule has 1 aliphatic rings. The Bertz CT molecular complexity index is 327. The van der Waals surface area contributed by atoms with Gasteiger partial charge in [0.1, 0.15) is 5.82 Å². The average Bonchev–Trinajstić information content (AvgIpc) is 2.72. The smallest absolute Gasteiger partial charge is 0.109 e. The Morgan fingerprint density at radius 2 is 2.50 bits per heavy atom. The van der Waals surface area contributed by atoms with Crippen molar-refractivity contribution in [3.63, 3.8) is 0 Å². The van der Waals surface area contributed by atoms with Crippen molar-refractivity contribution in [1.82, 2.24) is 14.5 Å². The van der Waals surface area contributed by atoms with E-state index < -0.39 is 0 Å². The van der Waals surface area contributed by atoms with Crippen molar-refractivity contribution in [3.05, 3.63) is 18.2 Å². The highest BCUT2D eigenvalue weighted by Gasteiger charge is 2.19. The average molecular weight is 225 g/mol. The van der Waals surface area contributed by atoms with E-state index in [-0.39, 0.29) is 12.7 Å². The maximum absolute atomic E-state index is 9.04. The number of hydrogen-bond acceptors (Lipinski definition) is 4. The number of imidazole rings is 1. The molecular weight excluding hydrogens is 206 g/mol. The first kappa shape index (κ1) is 11.6. The van der Waals surface area contributed by atoms with E-state index >= 15 is 0 Å². The molecule has 5 nitrogen and oxygen atoms in total. The topological polar surface area (TPSA) is 50.5 Å². The van der Waals surface area contributed by atoms with Gasteiger partial charge in [0.2, 0.25) is 0 Å². The largest absolute Gasteiger partial charge is 0.394 e. The molecule has 16 heavy (non-hydrogen) atoms. The van der Waals surface area contributed by atoms with Crippen LogP contribution in [0.3, 0.4) is 0 Å². The molecule has 1 unspecified atom stereocenters. The van der Waals surface area contributed by atoms with Crippen molar-refractivity contribution in [2.24, 2.45) is 7.05 Å². The summed E-state index contributed by atoms with van der Waals surface area (Å²) in [6.07, 6.45) is 4.72. The van der Waals surface area contributed by atoms with Gasteiger partial charge in [-0.1, -0.05) is 0 Å². The molecule has 0 bridgehead atoms. The van der Waals surface area contributed by atoms with Gasteiger partial charge >= 0.3 is 0 Å². The van der Waals surface area contributed by atoms with E-state index in [2.05, 4.69) is 9.88 Å². The lowest BCUT2D eigenvalue weighted by Crippen LogP contribution is -2.44. The van der Waals surface area contributed by atoms with E-state index in [1.54, 1.807) is 0 Å². The van der Waals surface area contributed by atoms with Crippen LogP contribution in [0.1, 0.15) is 5.82 Å². The maximum atomic E-state index is 9.04. The number of aliphatic hydroxyl groups excluding tert-OH is 1. The minimum atomic E-state index is -0.0184. The van der Waals surface area contributed by atoms with Crippen LogP contribution >= 0.6 is 0 Å². The normalized spacial score (nSPS) is 22.5. The lowest BCUT2D eigenvalue weighted by atomic mass is 10.2. The minimum Gasteiger partial charge on any atom is -0.394 e. The molecule has 0 radical (unpaired) electrons. The SMILES string of the molecule is Cn1ccnc1CCN1CCOC(CO)C1. The first-order valence-electron chi connectivity index (χ1n) is 5.70. The molecule has 0 aliphatic carbocycles. The van der Waals surface area contributed by atoms with E-state index in [0.29, 0.717) is 6.61 Å². The van der Waals surface area contributed by atoms with Crippen LogP contribution in [0.15, 0.2) is 12.4 Å². The fourth-order valence-electron chi connectivity index (χ4n) is 1.99. The third kappa shape index (κ3) is 2.81. The molecule has 1 aromatic rings. The Hall–Kier alpha value is -0.910. The number of aromatic nitrogens is 2. The van der Waals surface area contributed by atoms with Crippen molar-refractivity contribution in [1.29, 1.82) is 0 Å². The second-order valence-electron chi connectivity index (χ2n) is 4.18. The zero-order valence-electron chi connectivity index (χ0n) is 9.67. The molecule has 2 heterocycles. The summed E-state index contributed by atoms with van der Waals surface area (Å²) >= 11 is 0. The molecule has 1 atom stereocenters. The monoisotopic (exact) mass is 225 g/mol. The number of rotatable bonds is 4. The van der Waals surface area contributed by atoms with Gasteiger partial charge in [-0.05, 0) is 0 Å². The Morgan fingerprint density at radius 3 is 3.19 bits per heavy atom. The summed E-state index contributed by atoms with van der Waals surface area (Å²) in [5.41, 5.74) is 0. The van der Waals surface area contributed by atoms with Crippen LogP contribution in [0.2, 0.25) is 0 Å². The van der Waals surface area contributed by atoms with Crippen LogP contribution in [-0.4, -0.2) is 58.5 Å². The molecule has 0 saturated carbocycles. The molecule has 0 aromatic carbocycles. The summed E-state index contributed by atoms with van der Waals surface area (Å²) in [5.74, 6) is 1.10. The Kier molecular flexibility index (Phi) is 3.93. The molecule has 0 amide bonds. The number of ether oxygens (including phenoxy) is 1. The van der Waals surface area contributed by atoms with Crippen LogP contribution in [0.25, 0.3) is 0 Å². The third-order valence-electron chi connectivity index (χ3n) is 3.00. The van der Waals surface area contributed by atoms with Crippen molar-refractivity contribution in [2.75, 3.05) is 32.8 Å². The minimum absolute atomic E-state index is 0.0184. The van der Waals surface area contributed by atoms with Crippen LogP contribution in [-0.2, 0) is 18.2 Å². The Balaban J connectivity index is 1.79. The molecule has 1 aromatic heterocycles. The number of aryl methyl sites for hydroxylation is 1. The van der Waals surface area contributed by atoms with E-state index in [1.807, 2.05) is 24.0 Å². The van der Waals surface area contributed by atoms with Crippen molar-refractivity contribution < 1.29 is 9.84 Å². The quantitative estimate of drug-likeness (QED) is 0.761. The lowest BCUT2D eigenvalue weighted by Gasteiger charge is -2.31. The Morgan fingerprint density at radius 1 is 1.62 bits per heavy atom. The van der Waals surface area contributed by atoms with Gasteiger partial charge in [-0.15, -0.1) is 0 Å². The van der Waals surface area contributed by atoms with Crippen molar-refractivity contribution in [3.8, 4) is 0 Å². The molecule has 2 rings (SSSR count). The second kappa shape index (κ2) is 5.43. The molecular formula is C11H19N3O2. The third-order valence-corrected chi connectivity index (χ3v) is 3.00. The summed E-state index contributed by atoms with van der Waals surface area (Å²) < 4.78 is 7.45. The van der Waals surface area contributed by atoms with Crippen molar-refractivity contribution in [2.45, 2.75) is 12.5 Å². The van der Waals surface area contributed by atoms with Gasteiger partial charge in [-0.25, -0.2) is 4.98 Å². The van der Waals surface area contributed by atoms with Crippen LogP contribution in [0.4, 0.5) is 0 Å².